The third-order valence-electron chi connectivity index (χ3n) is 4.57. The zero-order valence-electron chi connectivity index (χ0n) is 15.9. The van der Waals surface area contributed by atoms with Crippen LogP contribution < -0.4 is 10.5 Å². The van der Waals surface area contributed by atoms with Crippen LogP contribution in [-0.4, -0.2) is 5.91 Å². The number of rotatable bonds is 6. The van der Waals surface area contributed by atoms with Crippen LogP contribution in [0.15, 0.2) is 76.8 Å². The van der Waals surface area contributed by atoms with Crippen molar-refractivity contribution in [2.75, 3.05) is 0 Å². The molecule has 0 saturated heterocycles. The highest BCUT2D eigenvalue weighted by Crippen LogP contribution is 2.30. The van der Waals surface area contributed by atoms with Crippen LogP contribution in [0.1, 0.15) is 16.7 Å². The van der Waals surface area contributed by atoms with Crippen molar-refractivity contribution in [3.8, 4) is 22.9 Å². The van der Waals surface area contributed by atoms with Crippen LogP contribution in [0.2, 0.25) is 0 Å². The number of carbonyl (C=O) groups excluding carboxylic acids is 1. The Kier molecular flexibility index (Phi) is 6.48. The Morgan fingerprint density at radius 3 is 2.55 bits per heavy atom. The SMILES string of the molecule is Cc1c(COc2ccc(C=C(C#N)C(N)=O)cc2Br)cccc1-c1ccccc1. The first-order chi connectivity index (χ1) is 14.0. The summed E-state index contributed by atoms with van der Waals surface area (Å²) in [6, 6.07) is 23.6. The summed E-state index contributed by atoms with van der Waals surface area (Å²) in [6.45, 7) is 2.52. The van der Waals surface area contributed by atoms with Gasteiger partial charge in [0.2, 0.25) is 0 Å². The third kappa shape index (κ3) is 4.92. The average Bonchev–Trinajstić information content (AvgIpc) is 2.72. The average molecular weight is 447 g/mol. The quantitative estimate of drug-likeness (QED) is 0.406. The molecule has 4 nitrogen and oxygen atoms in total. The molecule has 0 heterocycles. The number of amides is 1. The van der Waals surface area contributed by atoms with E-state index in [1.165, 1.54) is 22.8 Å². The van der Waals surface area contributed by atoms with E-state index >= 15 is 0 Å². The zero-order chi connectivity index (χ0) is 20.8. The number of carbonyl (C=O) groups is 1. The van der Waals surface area contributed by atoms with Crippen LogP contribution in [0.25, 0.3) is 17.2 Å². The van der Waals surface area contributed by atoms with Crippen LogP contribution in [0, 0.1) is 18.3 Å². The van der Waals surface area contributed by atoms with Gasteiger partial charge in [-0.25, -0.2) is 0 Å². The molecule has 0 aliphatic carbocycles. The van der Waals surface area contributed by atoms with Crippen molar-refractivity contribution >= 4 is 27.9 Å². The fourth-order valence-corrected chi connectivity index (χ4v) is 3.49. The van der Waals surface area contributed by atoms with E-state index in [4.69, 9.17) is 15.7 Å². The number of benzene rings is 3. The second-order valence-corrected chi connectivity index (χ2v) is 7.32. The van der Waals surface area contributed by atoms with E-state index in [-0.39, 0.29) is 5.57 Å². The number of hydrogen-bond donors (Lipinski definition) is 1. The van der Waals surface area contributed by atoms with Gasteiger partial charge in [0.15, 0.2) is 0 Å². The molecule has 0 atom stereocenters. The van der Waals surface area contributed by atoms with E-state index in [2.05, 4.69) is 47.1 Å². The number of hydrogen-bond acceptors (Lipinski definition) is 3. The number of ether oxygens (including phenoxy) is 1. The third-order valence-corrected chi connectivity index (χ3v) is 5.19. The maximum Gasteiger partial charge on any atom is 0.259 e. The molecule has 144 valence electrons. The van der Waals surface area contributed by atoms with Gasteiger partial charge in [-0.1, -0.05) is 54.6 Å². The summed E-state index contributed by atoms with van der Waals surface area (Å²) in [5.41, 5.74) is 10.4. The minimum Gasteiger partial charge on any atom is -0.488 e. The molecule has 3 rings (SSSR count). The molecular formula is C24H19BrN2O2. The van der Waals surface area contributed by atoms with Gasteiger partial charge in [-0.05, 0) is 68.9 Å². The van der Waals surface area contributed by atoms with E-state index in [1.807, 2.05) is 24.3 Å². The molecule has 0 radical (unpaired) electrons. The molecular weight excluding hydrogens is 428 g/mol. The highest BCUT2D eigenvalue weighted by atomic mass is 79.9. The lowest BCUT2D eigenvalue weighted by atomic mass is 9.97. The van der Waals surface area contributed by atoms with Gasteiger partial charge in [-0.15, -0.1) is 0 Å². The van der Waals surface area contributed by atoms with Crippen molar-refractivity contribution in [3.63, 3.8) is 0 Å². The molecule has 0 fully saturated rings. The first kappa shape index (κ1) is 20.4. The predicted octanol–water partition coefficient (Wildman–Crippen LogP) is 5.40. The van der Waals surface area contributed by atoms with Crippen LogP contribution >= 0.6 is 15.9 Å². The maximum atomic E-state index is 11.2. The van der Waals surface area contributed by atoms with Crippen LogP contribution in [-0.2, 0) is 11.4 Å². The van der Waals surface area contributed by atoms with Crippen molar-refractivity contribution < 1.29 is 9.53 Å². The minimum absolute atomic E-state index is 0.0982. The van der Waals surface area contributed by atoms with Gasteiger partial charge in [0.05, 0.1) is 4.47 Å². The maximum absolute atomic E-state index is 11.2. The van der Waals surface area contributed by atoms with Gasteiger partial charge in [0, 0.05) is 0 Å². The van der Waals surface area contributed by atoms with E-state index < -0.39 is 5.91 Å². The molecule has 0 aliphatic rings. The molecule has 0 aliphatic heterocycles. The van der Waals surface area contributed by atoms with Crippen molar-refractivity contribution in [2.24, 2.45) is 5.73 Å². The molecule has 0 bridgehead atoms. The molecule has 0 unspecified atom stereocenters. The molecule has 0 spiro atoms. The van der Waals surface area contributed by atoms with Gasteiger partial charge in [0.1, 0.15) is 24.0 Å². The van der Waals surface area contributed by atoms with Gasteiger partial charge >= 0.3 is 0 Å². The molecule has 3 aromatic carbocycles. The first-order valence-electron chi connectivity index (χ1n) is 8.97. The smallest absolute Gasteiger partial charge is 0.259 e. The summed E-state index contributed by atoms with van der Waals surface area (Å²) in [5.74, 6) is -0.0815. The largest absolute Gasteiger partial charge is 0.488 e. The van der Waals surface area contributed by atoms with Crippen molar-refractivity contribution in [1.82, 2.24) is 0 Å². The van der Waals surface area contributed by atoms with E-state index in [0.29, 0.717) is 17.9 Å². The van der Waals surface area contributed by atoms with Crippen molar-refractivity contribution in [3.05, 3.63) is 93.5 Å². The van der Waals surface area contributed by atoms with Gasteiger partial charge in [-0.3, -0.25) is 4.79 Å². The van der Waals surface area contributed by atoms with Gasteiger partial charge in [-0.2, -0.15) is 5.26 Å². The molecule has 5 heteroatoms. The fourth-order valence-electron chi connectivity index (χ4n) is 2.97. The number of nitrogens with two attached hydrogens (primary N) is 1. The second kappa shape index (κ2) is 9.22. The Hall–Kier alpha value is -3.36. The lowest BCUT2D eigenvalue weighted by molar-refractivity contribution is -0.114. The summed E-state index contributed by atoms with van der Waals surface area (Å²) in [5, 5.41) is 8.97. The molecule has 1 amide bonds. The van der Waals surface area contributed by atoms with Crippen LogP contribution in [0.4, 0.5) is 0 Å². The Morgan fingerprint density at radius 1 is 1.14 bits per heavy atom. The number of primary amides is 1. The minimum atomic E-state index is -0.752. The summed E-state index contributed by atoms with van der Waals surface area (Å²) in [4.78, 5) is 11.2. The number of halogens is 1. The second-order valence-electron chi connectivity index (χ2n) is 6.47. The van der Waals surface area contributed by atoms with E-state index in [0.717, 1.165) is 10.0 Å². The number of nitrogens with zero attached hydrogens (tertiary/aromatic N) is 1. The summed E-state index contributed by atoms with van der Waals surface area (Å²) in [7, 11) is 0. The van der Waals surface area contributed by atoms with E-state index in [1.54, 1.807) is 24.3 Å². The molecule has 3 aromatic rings. The standard InChI is InChI=1S/C24H19BrN2O2/c1-16-19(8-5-9-21(16)18-6-3-2-4-7-18)15-29-23-11-10-17(13-22(23)25)12-20(14-26)24(27)28/h2-13H,15H2,1H3,(H2,27,28). The fraction of sp³-hybridized carbons (Fsp3) is 0.0833. The lowest BCUT2D eigenvalue weighted by Crippen LogP contribution is -2.12. The number of nitriles is 1. The summed E-state index contributed by atoms with van der Waals surface area (Å²) < 4.78 is 6.73. The molecule has 0 aromatic heterocycles. The molecule has 0 saturated carbocycles. The van der Waals surface area contributed by atoms with Crippen molar-refractivity contribution in [1.29, 1.82) is 5.26 Å². The van der Waals surface area contributed by atoms with Crippen LogP contribution in [0.5, 0.6) is 5.75 Å². The van der Waals surface area contributed by atoms with Gasteiger partial charge in [0.25, 0.3) is 5.91 Å². The highest BCUT2D eigenvalue weighted by Gasteiger charge is 2.09. The van der Waals surface area contributed by atoms with Crippen molar-refractivity contribution in [2.45, 2.75) is 13.5 Å². The zero-order valence-corrected chi connectivity index (χ0v) is 17.4. The van der Waals surface area contributed by atoms with Gasteiger partial charge < -0.3 is 10.5 Å². The summed E-state index contributed by atoms with van der Waals surface area (Å²) in [6.07, 6.45) is 1.45. The lowest BCUT2D eigenvalue weighted by Gasteiger charge is -2.14. The van der Waals surface area contributed by atoms with Crippen LogP contribution in [0.3, 0.4) is 0 Å². The Balaban J connectivity index is 1.79. The monoisotopic (exact) mass is 446 g/mol. The Morgan fingerprint density at radius 2 is 1.90 bits per heavy atom. The Bertz CT molecular complexity index is 1120. The normalized spacial score (nSPS) is 11.0. The topological polar surface area (TPSA) is 76.1 Å². The molecule has 2 N–H and O–H groups in total. The Labute approximate surface area is 178 Å². The first-order valence-corrected chi connectivity index (χ1v) is 9.76. The molecule has 29 heavy (non-hydrogen) atoms. The van der Waals surface area contributed by atoms with E-state index in [9.17, 15) is 4.79 Å². The highest BCUT2D eigenvalue weighted by molar-refractivity contribution is 9.10. The summed E-state index contributed by atoms with van der Waals surface area (Å²) >= 11 is 3.49. The predicted molar refractivity (Wildman–Crippen MR) is 118 cm³/mol.